The number of nitrogens with zero attached hydrogens (tertiary/aromatic N) is 7. The lowest BCUT2D eigenvalue weighted by atomic mass is 9.73. The van der Waals surface area contributed by atoms with E-state index >= 15 is 0 Å². The van der Waals surface area contributed by atoms with Crippen LogP contribution in [-0.2, 0) is 6.42 Å². The van der Waals surface area contributed by atoms with Crippen molar-refractivity contribution < 1.29 is 0 Å². The monoisotopic (exact) mass is 481 g/mol. The Morgan fingerprint density at radius 3 is 2.66 bits per heavy atom. The first kappa shape index (κ1) is 20.7. The van der Waals surface area contributed by atoms with Gasteiger partial charge in [-0.05, 0) is 41.9 Å². The maximum absolute atomic E-state index is 6.74. The molecule has 7 rings (SSSR count). The number of nitrogens with two attached hydrogens (primary N) is 1. The Labute approximate surface area is 205 Å². The van der Waals surface area contributed by atoms with Gasteiger partial charge in [-0.25, -0.2) is 19.9 Å². The Morgan fingerprint density at radius 2 is 1.77 bits per heavy atom. The van der Waals surface area contributed by atoms with Crippen molar-refractivity contribution in [2.75, 3.05) is 18.0 Å². The zero-order chi connectivity index (χ0) is 23.4. The van der Waals surface area contributed by atoms with Crippen LogP contribution in [0.5, 0.6) is 0 Å². The molecule has 1 saturated heterocycles. The van der Waals surface area contributed by atoms with E-state index in [0.717, 1.165) is 53.7 Å². The molecule has 35 heavy (non-hydrogen) atoms. The van der Waals surface area contributed by atoms with Gasteiger partial charge in [-0.2, -0.15) is 4.98 Å². The SMILES string of the molecule is N[C@@H]1c2ccccc2CC12CCN(c1nc3ncc(Sc4ccnc5nccnc45)nc3[nH]1)CC2. The molecule has 1 aromatic carbocycles. The average Bonchev–Trinajstić information content (AvgIpc) is 3.44. The molecule has 2 aliphatic rings. The predicted octanol–water partition coefficient (Wildman–Crippen LogP) is 3.69. The third-order valence-corrected chi connectivity index (χ3v) is 8.33. The van der Waals surface area contributed by atoms with Crippen molar-refractivity contribution >= 4 is 40.2 Å². The highest BCUT2D eigenvalue weighted by Crippen LogP contribution is 2.50. The molecular formula is C25H23N9S. The quantitative estimate of drug-likeness (QED) is 0.397. The van der Waals surface area contributed by atoms with E-state index in [0.29, 0.717) is 16.9 Å². The summed E-state index contributed by atoms with van der Waals surface area (Å²) in [5.41, 5.74) is 12.3. The molecule has 174 valence electrons. The first-order valence-electron chi connectivity index (χ1n) is 11.7. The van der Waals surface area contributed by atoms with Crippen molar-refractivity contribution in [3.8, 4) is 0 Å². The van der Waals surface area contributed by atoms with Crippen molar-refractivity contribution in [1.82, 2.24) is 34.9 Å². The second-order valence-electron chi connectivity index (χ2n) is 9.28. The summed E-state index contributed by atoms with van der Waals surface area (Å²) in [5, 5.41) is 0.762. The molecule has 0 saturated carbocycles. The van der Waals surface area contributed by atoms with Crippen LogP contribution >= 0.6 is 11.8 Å². The van der Waals surface area contributed by atoms with Crippen LogP contribution in [0.25, 0.3) is 22.5 Å². The van der Waals surface area contributed by atoms with Crippen molar-refractivity contribution in [2.24, 2.45) is 11.1 Å². The van der Waals surface area contributed by atoms with Gasteiger partial charge in [-0.3, -0.25) is 4.98 Å². The molecule has 0 radical (unpaired) electrons. The minimum absolute atomic E-state index is 0.105. The Kier molecular flexibility index (Phi) is 4.71. The molecule has 5 aromatic rings. The molecule has 1 spiro atoms. The summed E-state index contributed by atoms with van der Waals surface area (Å²) in [7, 11) is 0. The fourth-order valence-electron chi connectivity index (χ4n) is 5.48. The van der Waals surface area contributed by atoms with E-state index in [4.69, 9.17) is 15.7 Å². The van der Waals surface area contributed by atoms with E-state index in [1.54, 1.807) is 24.8 Å². The van der Waals surface area contributed by atoms with Gasteiger partial charge < -0.3 is 15.6 Å². The van der Waals surface area contributed by atoms with Gasteiger partial charge in [0, 0.05) is 42.6 Å². The van der Waals surface area contributed by atoms with Crippen molar-refractivity contribution in [2.45, 2.75) is 35.2 Å². The predicted molar refractivity (Wildman–Crippen MR) is 134 cm³/mol. The Morgan fingerprint density at radius 1 is 0.943 bits per heavy atom. The fourth-order valence-corrected chi connectivity index (χ4v) is 6.32. The number of anilines is 1. The van der Waals surface area contributed by atoms with Gasteiger partial charge in [-0.1, -0.05) is 36.0 Å². The summed E-state index contributed by atoms with van der Waals surface area (Å²) >= 11 is 1.49. The number of fused-ring (bicyclic) bond motifs is 3. The number of pyridine rings is 1. The van der Waals surface area contributed by atoms with Gasteiger partial charge in [0.1, 0.15) is 10.5 Å². The van der Waals surface area contributed by atoms with Crippen LogP contribution in [0.4, 0.5) is 5.95 Å². The molecule has 4 aromatic heterocycles. The number of aromatic nitrogens is 7. The molecule has 0 bridgehead atoms. The molecule has 5 heterocycles. The van der Waals surface area contributed by atoms with Gasteiger partial charge >= 0.3 is 0 Å². The van der Waals surface area contributed by atoms with Crippen LogP contribution in [0.3, 0.4) is 0 Å². The van der Waals surface area contributed by atoms with E-state index in [9.17, 15) is 0 Å². The number of benzene rings is 1. The number of aromatic amines is 1. The van der Waals surface area contributed by atoms with Crippen LogP contribution < -0.4 is 10.6 Å². The average molecular weight is 482 g/mol. The summed E-state index contributed by atoms with van der Waals surface area (Å²) in [6.07, 6.45) is 9.94. The van der Waals surface area contributed by atoms with Crippen molar-refractivity contribution in [3.05, 3.63) is 66.2 Å². The molecule has 1 fully saturated rings. The molecule has 1 atom stereocenters. The lowest BCUT2D eigenvalue weighted by molar-refractivity contribution is 0.187. The number of rotatable bonds is 3. The number of H-pyrrole nitrogens is 1. The summed E-state index contributed by atoms with van der Waals surface area (Å²) in [5.74, 6) is 0.821. The maximum atomic E-state index is 6.74. The zero-order valence-electron chi connectivity index (χ0n) is 18.9. The van der Waals surface area contributed by atoms with Crippen LogP contribution in [0.15, 0.2) is 65.0 Å². The second kappa shape index (κ2) is 7.96. The van der Waals surface area contributed by atoms with Crippen molar-refractivity contribution in [3.63, 3.8) is 0 Å². The minimum atomic E-state index is 0.105. The second-order valence-corrected chi connectivity index (χ2v) is 10.3. The third kappa shape index (κ3) is 3.43. The first-order valence-corrected chi connectivity index (χ1v) is 12.5. The van der Waals surface area contributed by atoms with E-state index in [2.05, 4.69) is 54.1 Å². The summed E-state index contributed by atoms with van der Waals surface area (Å²) in [6.45, 7) is 1.82. The summed E-state index contributed by atoms with van der Waals surface area (Å²) in [4.78, 5) is 33.7. The van der Waals surface area contributed by atoms with Crippen LogP contribution in [0, 0.1) is 5.41 Å². The van der Waals surface area contributed by atoms with E-state index in [1.165, 1.54) is 22.9 Å². The third-order valence-electron chi connectivity index (χ3n) is 7.37. The summed E-state index contributed by atoms with van der Waals surface area (Å²) < 4.78 is 0. The molecule has 9 nitrogen and oxygen atoms in total. The molecule has 1 aliphatic heterocycles. The van der Waals surface area contributed by atoms with E-state index in [-0.39, 0.29) is 11.5 Å². The number of nitrogens with one attached hydrogen (secondary N) is 1. The highest BCUT2D eigenvalue weighted by atomic mass is 32.2. The van der Waals surface area contributed by atoms with Gasteiger partial charge in [0.2, 0.25) is 5.95 Å². The highest BCUT2D eigenvalue weighted by molar-refractivity contribution is 7.99. The smallest absolute Gasteiger partial charge is 0.206 e. The molecule has 10 heteroatoms. The lowest BCUT2D eigenvalue weighted by Crippen LogP contribution is -2.44. The standard InChI is InChI=1S/C25H23N9S/c26-20-16-4-2-1-3-15(16)13-25(20)6-11-34(12-7-25)24-32-22-23(33-24)31-18(14-30-22)35-17-5-8-28-21-19(17)27-9-10-29-21/h1-5,8-10,14,20H,6-7,11-13,26H2,(H,30,31,32,33)/t20-/m1/s1. The molecule has 3 N–H and O–H groups in total. The highest BCUT2D eigenvalue weighted by Gasteiger charge is 2.46. The van der Waals surface area contributed by atoms with E-state index < -0.39 is 0 Å². The van der Waals surface area contributed by atoms with Crippen molar-refractivity contribution in [1.29, 1.82) is 0 Å². The molecular weight excluding hydrogens is 458 g/mol. The molecule has 0 amide bonds. The number of piperidine rings is 1. The largest absolute Gasteiger partial charge is 0.342 e. The minimum Gasteiger partial charge on any atom is -0.342 e. The normalized spacial score (nSPS) is 19.0. The fraction of sp³-hybridized carbons (Fsp3) is 0.280. The van der Waals surface area contributed by atoms with Crippen LogP contribution in [-0.4, -0.2) is 48.0 Å². The maximum Gasteiger partial charge on any atom is 0.206 e. The van der Waals surface area contributed by atoms with Gasteiger partial charge in [0.15, 0.2) is 16.9 Å². The van der Waals surface area contributed by atoms with Gasteiger partial charge in [-0.15, -0.1) is 0 Å². The van der Waals surface area contributed by atoms with Gasteiger partial charge in [0.25, 0.3) is 0 Å². The topological polar surface area (TPSA) is 122 Å². The van der Waals surface area contributed by atoms with Gasteiger partial charge in [0.05, 0.1) is 6.20 Å². The van der Waals surface area contributed by atoms with E-state index in [1.807, 2.05) is 6.07 Å². The Hall–Kier alpha value is -3.63. The number of hydrogen-bond donors (Lipinski definition) is 2. The summed E-state index contributed by atoms with van der Waals surface area (Å²) in [6, 6.07) is 10.7. The Balaban J connectivity index is 1.11. The number of hydrogen-bond acceptors (Lipinski definition) is 9. The molecule has 0 unspecified atom stereocenters. The Bertz CT molecular complexity index is 1550. The first-order chi connectivity index (χ1) is 17.2. The van der Waals surface area contributed by atoms with Crippen LogP contribution in [0.1, 0.15) is 30.0 Å². The van der Waals surface area contributed by atoms with Crippen LogP contribution in [0.2, 0.25) is 0 Å². The lowest BCUT2D eigenvalue weighted by Gasteiger charge is -2.42. The molecule has 1 aliphatic carbocycles. The number of imidazole rings is 1. The zero-order valence-corrected chi connectivity index (χ0v) is 19.7.